The number of aromatic nitrogens is 2. The first-order chi connectivity index (χ1) is 12.6. The predicted molar refractivity (Wildman–Crippen MR) is 99.8 cm³/mol. The number of rotatable bonds is 2. The Hall–Kier alpha value is -3.85. The molecule has 0 aliphatic heterocycles. The SMILES string of the molecule is Cc1c(C#N)c2nc3ccccc3n2c(=O)c1=CNc1cccc(O)c1. The van der Waals surface area contributed by atoms with Crippen LogP contribution < -0.4 is 16.1 Å². The lowest BCUT2D eigenvalue weighted by atomic mass is 10.1. The van der Waals surface area contributed by atoms with Crippen LogP contribution in [0.1, 0.15) is 11.1 Å². The highest BCUT2D eigenvalue weighted by atomic mass is 16.3. The van der Waals surface area contributed by atoms with Crippen molar-refractivity contribution in [1.29, 1.82) is 5.26 Å². The summed E-state index contributed by atoms with van der Waals surface area (Å²) in [4.78, 5) is 17.5. The molecule has 0 aliphatic carbocycles. The number of hydrogen-bond acceptors (Lipinski definition) is 5. The first-order valence-corrected chi connectivity index (χ1v) is 8.00. The molecule has 2 heterocycles. The zero-order valence-electron chi connectivity index (χ0n) is 13.9. The first kappa shape index (κ1) is 15.7. The van der Waals surface area contributed by atoms with Gasteiger partial charge in [0.15, 0.2) is 5.65 Å². The number of para-hydroxylation sites is 2. The number of aromatic hydroxyl groups is 1. The van der Waals surface area contributed by atoms with E-state index in [9.17, 15) is 15.2 Å². The number of nitrogens with zero attached hydrogens (tertiary/aromatic N) is 3. The number of benzene rings is 2. The van der Waals surface area contributed by atoms with E-state index in [1.165, 1.54) is 4.40 Å². The average molecular weight is 342 g/mol. The van der Waals surface area contributed by atoms with Gasteiger partial charge in [-0.3, -0.25) is 9.20 Å². The van der Waals surface area contributed by atoms with Crippen LogP contribution in [0, 0.1) is 18.3 Å². The largest absolute Gasteiger partial charge is 0.508 e. The fraction of sp³-hybridized carbons (Fsp3) is 0.0500. The normalized spacial score (nSPS) is 11.8. The number of phenolic OH excluding ortho intramolecular Hbond substituents is 1. The number of anilines is 1. The molecule has 0 radical (unpaired) electrons. The van der Waals surface area contributed by atoms with E-state index in [0.29, 0.717) is 38.7 Å². The molecule has 0 saturated heterocycles. The van der Waals surface area contributed by atoms with Crippen molar-refractivity contribution in [2.24, 2.45) is 0 Å². The number of pyridine rings is 1. The van der Waals surface area contributed by atoms with Crippen molar-refractivity contribution < 1.29 is 5.11 Å². The van der Waals surface area contributed by atoms with Crippen molar-refractivity contribution in [3.63, 3.8) is 0 Å². The van der Waals surface area contributed by atoms with Crippen LogP contribution in [0.15, 0.2) is 53.3 Å². The molecule has 6 nitrogen and oxygen atoms in total. The van der Waals surface area contributed by atoms with Crippen LogP contribution in [0.4, 0.5) is 5.69 Å². The van der Waals surface area contributed by atoms with Gasteiger partial charge < -0.3 is 10.4 Å². The molecular formula is C20H14N4O2. The van der Waals surface area contributed by atoms with Gasteiger partial charge in [0.05, 0.1) is 21.8 Å². The van der Waals surface area contributed by atoms with Crippen LogP contribution in [0.3, 0.4) is 0 Å². The van der Waals surface area contributed by atoms with Gasteiger partial charge in [0.2, 0.25) is 0 Å². The van der Waals surface area contributed by atoms with Gasteiger partial charge in [0.1, 0.15) is 11.8 Å². The van der Waals surface area contributed by atoms with Crippen molar-refractivity contribution in [3.8, 4) is 11.8 Å². The van der Waals surface area contributed by atoms with E-state index in [4.69, 9.17) is 0 Å². The summed E-state index contributed by atoms with van der Waals surface area (Å²) >= 11 is 0. The van der Waals surface area contributed by atoms with Crippen molar-refractivity contribution in [1.82, 2.24) is 9.38 Å². The molecule has 0 fully saturated rings. The molecule has 0 bridgehead atoms. The highest BCUT2D eigenvalue weighted by Gasteiger charge is 2.15. The summed E-state index contributed by atoms with van der Waals surface area (Å²) in [6.07, 6.45) is 1.56. The van der Waals surface area contributed by atoms with E-state index >= 15 is 0 Å². The lowest BCUT2D eigenvalue weighted by Crippen LogP contribution is -2.34. The molecule has 6 heteroatoms. The van der Waals surface area contributed by atoms with E-state index < -0.39 is 0 Å². The fourth-order valence-corrected chi connectivity index (χ4v) is 3.04. The lowest BCUT2D eigenvalue weighted by Gasteiger charge is -2.04. The molecule has 2 aromatic carbocycles. The topological polar surface area (TPSA) is 90.4 Å². The second-order valence-electron chi connectivity index (χ2n) is 5.93. The third-order valence-corrected chi connectivity index (χ3v) is 4.34. The zero-order valence-corrected chi connectivity index (χ0v) is 13.9. The van der Waals surface area contributed by atoms with Crippen LogP contribution in [-0.2, 0) is 0 Å². The Kier molecular flexibility index (Phi) is 3.55. The van der Waals surface area contributed by atoms with Gasteiger partial charge in [-0.05, 0) is 36.8 Å². The van der Waals surface area contributed by atoms with E-state index in [-0.39, 0.29) is 11.3 Å². The summed E-state index contributed by atoms with van der Waals surface area (Å²) in [5.74, 6) is 0.122. The molecule has 2 N–H and O–H groups in total. The van der Waals surface area contributed by atoms with Gasteiger partial charge in [-0.1, -0.05) is 18.2 Å². The van der Waals surface area contributed by atoms with Gasteiger partial charge in [-0.2, -0.15) is 5.26 Å². The minimum absolute atomic E-state index is 0.122. The Balaban J connectivity index is 2.03. The highest BCUT2D eigenvalue weighted by molar-refractivity contribution is 5.82. The predicted octanol–water partition coefficient (Wildman–Crippen LogP) is 2.30. The van der Waals surface area contributed by atoms with Gasteiger partial charge in [0, 0.05) is 18.0 Å². The van der Waals surface area contributed by atoms with Crippen LogP contribution in [0.25, 0.3) is 22.9 Å². The Bertz CT molecular complexity index is 1320. The van der Waals surface area contributed by atoms with E-state index in [2.05, 4.69) is 16.4 Å². The standard InChI is InChI=1S/C20H14N4O2/c1-12-15(10-21)19-23-17-7-2-3-8-18(17)24(19)20(26)16(12)11-22-13-5-4-6-14(25)9-13/h2-9,11,22,25H,1H3. The molecule has 4 rings (SSSR count). The molecule has 4 aromatic rings. The molecule has 0 saturated carbocycles. The molecule has 0 amide bonds. The Morgan fingerprint density at radius 3 is 2.81 bits per heavy atom. The number of fused-ring (bicyclic) bond motifs is 3. The number of hydrogen-bond donors (Lipinski definition) is 2. The number of phenols is 1. The summed E-state index contributed by atoms with van der Waals surface area (Å²) in [5.41, 5.74) is 3.01. The third-order valence-electron chi connectivity index (χ3n) is 4.34. The number of imidazole rings is 1. The average Bonchev–Trinajstić information content (AvgIpc) is 3.01. The minimum Gasteiger partial charge on any atom is -0.508 e. The maximum atomic E-state index is 13.1. The molecule has 0 unspecified atom stereocenters. The van der Waals surface area contributed by atoms with Crippen LogP contribution in [-0.4, -0.2) is 14.5 Å². The quantitative estimate of drug-likeness (QED) is 0.583. The molecule has 0 atom stereocenters. The Morgan fingerprint density at radius 2 is 2.04 bits per heavy atom. The van der Waals surface area contributed by atoms with E-state index in [0.717, 1.165) is 0 Å². The van der Waals surface area contributed by atoms with Crippen molar-refractivity contribution >= 4 is 28.6 Å². The molecule has 0 aliphatic rings. The van der Waals surface area contributed by atoms with Gasteiger partial charge in [-0.25, -0.2) is 4.98 Å². The van der Waals surface area contributed by atoms with Crippen LogP contribution in [0.2, 0.25) is 0 Å². The fourth-order valence-electron chi connectivity index (χ4n) is 3.04. The van der Waals surface area contributed by atoms with Crippen molar-refractivity contribution in [2.45, 2.75) is 6.92 Å². The second kappa shape index (κ2) is 5.90. The smallest absolute Gasteiger partial charge is 0.265 e. The zero-order chi connectivity index (χ0) is 18.3. The van der Waals surface area contributed by atoms with Crippen molar-refractivity contribution in [2.75, 3.05) is 5.32 Å². The molecule has 0 spiro atoms. The van der Waals surface area contributed by atoms with Crippen molar-refractivity contribution in [3.05, 3.63) is 75.2 Å². The number of nitrogens with one attached hydrogen (secondary N) is 1. The van der Waals surface area contributed by atoms with Gasteiger partial charge in [0.25, 0.3) is 5.56 Å². The summed E-state index contributed by atoms with van der Waals surface area (Å²) in [5, 5.41) is 22.6. The third kappa shape index (κ3) is 2.34. The molecule has 126 valence electrons. The maximum Gasteiger partial charge on any atom is 0.265 e. The van der Waals surface area contributed by atoms with Gasteiger partial charge in [-0.15, -0.1) is 0 Å². The monoisotopic (exact) mass is 342 g/mol. The maximum absolute atomic E-state index is 13.1. The Labute approximate surface area is 148 Å². The Morgan fingerprint density at radius 1 is 1.23 bits per heavy atom. The highest BCUT2D eigenvalue weighted by Crippen LogP contribution is 2.18. The van der Waals surface area contributed by atoms with Crippen LogP contribution in [0.5, 0.6) is 5.75 Å². The minimum atomic E-state index is -0.252. The van der Waals surface area contributed by atoms with E-state index in [1.54, 1.807) is 43.5 Å². The second-order valence-corrected chi connectivity index (χ2v) is 5.93. The first-order valence-electron chi connectivity index (χ1n) is 8.00. The van der Waals surface area contributed by atoms with Gasteiger partial charge >= 0.3 is 0 Å². The van der Waals surface area contributed by atoms with E-state index in [1.807, 2.05) is 18.2 Å². The molecular weight excluding hydrogens is 328 g/mol. The number of nitriles is 1. The van der Waals surface area contributed by atoms with Crippen LogP contribution >= 0.6 is 0 Å². The molecule has 2 aromatic heterocycles. The lowest BCUT2D eigenvalue weighted by molar-refractivity contribution is 0.475. The molecule has 26 heavy (non-hydrogen) atoms. The summed E-state index contributed by atoms with van der Waals surface area (Å²) in [6, 6.07) is 16.0. The summed E-state index contributed by atoms with van der Waals surface area (Å²) < 4.78 is 1.47. The summed E-state index contributed by atoms with van der Waals surface area (Å²) in [7, 11) is 0. The summed E-state index contributed by atoms with van der Waals surface area (Å²) in [6.45, 7) is 1.73.